The highest BCUT2D eigenvalue weighted by Crippen LogP contribution is 2.20. The van der Waals surface area contributed by atoms with E-state index in [9.17, 15) is 4.79 Å². The first-order valence-electron chi connectivity index (χ1n) is 4.89. The minimum atomic E-state index is -0.0104. The minimum absolute atomic E-state index is 0.0104. The van der Waals surface area contributed by atoms with Crippen LogP contribution in [0.4, 0.5) is 0 Å². The number of carbonyl (C=O) groups is 1. The molecule has 2 aromatic rings. The number of aryl methyl sites for hydroxylation is 1. The largest absolute Gasteiger partial charge is 0.294 e. The minimum Gasteiger partial charge on any atom is -0.294 e. The fourth-order valence-electron chi connectivity index (χ4n) is 1.41. The highest BCUT2D eigenvalue weighted by molar-refractivity contribution is 14.1. The second-order valence-electron chi connectivity index (χ2n) is 3.61. The Labute approximate surface area is 117 Å². The molecule has 1 aromatic heterocycles. The topological polar surface area (TPSA) is 47.8 Å². The Hall–Kier alpha value is -0.950. The van der Waals surface area contributed by atoms with Gasteiger partial charge in [0.2, 0.25) is 0 Å². The van der Waals surface area contributed by atoms with Crippen LogP contribution in [0.1, 0.15) is 16.1 Å². The summed E-state index contributed by atoms with van der Waals surface area (Å²) in [6.07, 6.45) is 1.97. The smallest absolute Gasteiger partial charge is 0.168 e. The number of nitrogens with zero attached hydrogens (tertiary/aromatic N) is 3. The highest BCUT2D eigenvalue weighted by Gasteiger charge is 2.10. The third-order valence-electron chi connectivity index (χ3n) is 2.23. The van der Waals surface area contributed by atoms with Crippen LogP contribution < -0.4 is 0 Å². The summed E-state index contributed by atoms with van der Waals surface area (Å²) < 4.78 is 2.50. The van der Waals surface area contributed by atoms with Gasteiger partial charge >= 0.3 is 0 Å². The summed E-state index contributed by atoms with van der Waals surface area (Å²) >= 11 is 8.10. The molecule has 0 bridgehead atoms. The van der Waals surface area contributed by atoms with E-state index in [1.807, 2.05) is 6.07 Å². The summed E-state index contributed by atoms with van der Waals surface area (Å²) in [6.45, 7) is 0. The number of aromatic nitrogens is 3. The zero-order valence-electron chi connectivity index (χ0n) is 9.02. The van der Waals surface area contributed by atoms with E-state index >= 15 is 0 Å². The first-order valence-corrected chi connectivity index (χ1v) is 6.35. The van der Waals surface area contributed by atoms with Gasteiger partial charge in [-0.05, 0) is 34.7 Å². The standard InChI is InChI=1S/C11H9ClIN3O/c1-16-6-8(14-15-16)5-11(17)7-2-3-10(13)9(12)4-7/h2-4,6H,5H2,1H3. The molecule has 0 aliphatic rings. The van der Waals surface area contributed by atoms with Gasteiger partial charge in [0.05, 0.1) is 17.1 Å². The van der Waals surface area contributed by atoms with Gasteiger partial charge in [-0.2, -0.15) is 0 Å². The quantitative estimate of drug-likeness (QED) is 0.623. The van der Waals surface area contributed by atoms with Gasteiger partial charge in [-0.15, -0.1) is 5.10 Å². The summed E-state index contributed by atoms with van der Waals surface area (Å²) in [7, 11) is 1.77. The summed E-state index contributed by atoms with van der Waals surface area (Å²) in [5.41, 5.74) is 1.26. The Morgan fingerprint density at radius 2 is 2.29 bits per heavy atom. The van der Waals surface area contributed by atoms with Gasteiger partial charge in [0.15, 0.2) is 5.78 Å². The third-order valence-corrected chi connectivity index (χ3v) is 3.81. The molecule has 0 saturated carbocycles. The fraction of sp³-hybridized carbons (Fsp3) is 0.182. The summed E-state index contributed by atoms with van der Waals surface area (Å²) in [4.78, 5) is 11.9. The number of benzene rings is 1. The van der Waals surface area contributed by atoms with Crippen molar-refractivity contribution in [1.82, 2.24) is 15.0 Å². The van der Waals surface area contributed by atoms with Crippen molar-refractivity contribution in [2.75, 3.05) is 0 Å². The number of ketones is 1. The van der Waals surface area contributed by atoms with Gasteiger partial charge in [-0.1, -0.05) is 22.9 Å². The zero-order valence-corrected chi connectivity index (χ0v) is 11.9. The summed E-state index contributed by atoms with van der Waals surface area (Å²) in [5.74, 6) is -0.0104. The van der Waals surface area contributed by atoms with Crippen LogP contribution >= 0.6 is 34.2 Å². The molecular formula is C11H9ClIN3O. The number of hydrogen-bond donors (Lipinski definition) is 0. The molecular weight excluding hydrogens is 352 g/mol. The Morgan fingerprint density at radius 1 is 1.53 bits per heavy atom. The summed E-state index contributed by atoms with van der Waals surface area (Å²) in [5, 5.41) is 8.25. The van der Waals surface area contributed by atoms with Gasteiger partial charge in [-0.25, -0.2) is 0 Å². The Morgan fingerprint density at radius 3 is 2.88 bits per heavy atom. The Kier molecular flexibility index (Phi) is 3.78. The molecule has 0 fully saturated rings. The SMILES string of the molecule is Cn1cc(CC(=O)c2ccc(I)c(Cl)c2)nn1. The van der Waals surface area contributed by atoms with E-state index in [4.69, 9.17) is 11.6 Å². The van der Waals surface area contributed by atoms with E-state index in [0.29, 0.717) is 16.3 Å². The molecule has 0 atom stereocenters. The third kappa shape index (κ3) is 3.04. The average Bonchev–Trinajstić information content (AvgIpc) is 2.68. The fourth-order valence-corrected chi connectivity index (χ4v) is 1.93. The molecule has 0 saturated heterocycles. The lowest BCUT2D eigenvalue weighted by Crippen LogP contribution is -2.04. The first kappa shape index (κ1) is 12.5. The van der Waals surface area contributed by atoms with Gasteiger partial charge in [-0.3, -0.25) is 9.48 Å². The molecule has 88 valence electrons. The molecule has 0 radical (unpaired) electrons. The van der Waals surface area contributed by atoms with Gasteiger partial charge in [0.25, 0.3) is 0 Å². The number of rotatable bonds is 3. The van der Waals surface area contributed by atoms with Crippen molar-refractivity contribution < 1.29 is 4.79 Å². The van der Waals surface area contributed by atoms with Crippen LogP contribution in [0.25, 0.3) is 0 Å². The Balaban J connectivity index is 2.17. The van der Waals surface area contributed by atoms with Crippen LogP contribution in [0.15, 0.2) is 24.4 Å². The van der Waals surface area contributed by atoms with Gasteiger partial charge in [0, 0.05) is 22.4 Å². The lowest BCUT2D eigenvalue weighted by molar-refractivity contribution is 0.0992. The number of halogens is 2. The van der Waals surface area contributed by atoms with Crippen LogP contribution in [-0.2, 0) is 13.5 Å². The van der Waals surface area contributed by atoms with E-state index in [0.717, 1.165) is 3.57 Å². The van der Waals surface area contributed by atoms with Crippen LogP contribution in [0.3, 0.4) is 0 Å². The molecule has 1 heterocycles. The number of carbonyl (C=O) groups excluding carboxylic acids is 1. The normalized spacial score (nSPS) is 10.5. The lowest BCUT2D eigenvalue weighted by Gasteiger charge is -2.01. The molecule has 0 spiro atoms. The number of hydrogen-bond acceptors (Lipinski definition) is 3. The highest BCUT2D eigenvalue weighted by atomic mass is 127. The molecule has 2 rings (SSSR count). The van der Waals surface area contributed by atoms with Gasteiger partial charge < -0.3 is 0 Å². The van der Waals surface area contributed by atoms with Crippen molar-refractivity contribution in [2.24, 2.45) is 7.05 Å². The van der Waals surface area contributed by atoms with Gasteiger partial charge in [0.1, 0.15) is 0 Å². The monoisotopic (exact) mass is 361 g/mol. The lowest BCUT2D eigenvalue weighted by atomic mass is 10.1. The van der Waals surface area contributed by atoms with E-state index < -0.39 is 0 Å². The summed E-state index contributed by atoms with van der Waals surface area (Å²) in [6, 6.07) is 5.28. The molecule has 0 unspecified atom stereocenters. The zero-order chi connectivity index (χ0) is 12.4. The molecule has 0 N–H and O–H groups in total. The molecule has 6 heteroatoms. The van der Waals surface area contributed by atoms with Crippen LogP contribution in [0.5, 0.6) is 0 Å². The van der Waals surface area contributed by atoms with Crippen molar-refractivity contribution >= 4 is 40.0 Å². The second kappa shape index (κ2) is 5.14. The van der Waals surface area contributed by atoms with Crippen molar-refractivity contribution in [1.29, 1.82) is 0 Å². The molecule has 0 aliphatic carbocycles. The van der Waals surface area contributed by atoms with Crippen molar-refractivity contribution in [2.45, 2.75) is 6.42 Å². The second-order valence-corrected chi connectivity index (χ2v) is 5.18. The average molecular weight is 362 g/mol. The maximum Gasteiger partial charge on any atom is 0.168 e. The van der Waals surface area contributed by atoms with E-state index in [1.54, 1.807) is 30.1 Å². The van der Waals surface area contributed by atoms with Crippen molar-refractivity contribution in [3.8, 4) is 0 Å². The van der Waals surface area contributed by atoms with Crippen molar-refractivity contribution in [3.63, 3.8) is 0 Å². The predicted octanol–water partition coefficient (Wildman–Crippen LogP) is 2.50. The van der Waals surface area contributed by atoms with E-state index in [1.165, 1.54) is 0 Å². The first-order chi connectivity index (χ1) is 8.06. The molecule has 4 nitrogen and oxygen atoms in total. The molecule has 1 aromatic carbocycles. The predicted molar refractivity (Wildman–Crippen MR) is 73.2 cm³/mol. The maximum absolute atomic E-state index is 11.9. The molecule has 0 aliphatic heterocycles. The molecule has 17 heavy (non-hydrogen) atoms. The van der Waals surface area contributed by atoms with E-state index in [2.05, 4.69) is 32.9 Å². The van der Waals surface area contributed by atoms with Crippen LogP contribution in [0.2, 0.25) is 5.02 Å². The molecule has 0 amide bonds. The Bertz CT molecular complexity index is 568. The van der Waals surface area contributed by atoms with Crippen molar-refractivity contribution in [3.05, 3.63) is 44.2 Å². The van der Waals surface area contributed by atoms with E-state index in [-0.39, 0.29) is 12.2 Å². The van der Waals surface area contributed by atoms with Crippen LogP contribution in [0, 0.1) is 3.57 Å². The van der Waals surface area contributed by atoms with Crippen LogP contribution in [-0.4, -0.2) is 20.8 Å². The number of Topliss-reactive ketones (excluding diaryl/α,β-unsaturated/α-hetero) is 1. The maximum atomic E-state index is 11.9.